The molecule has 0 radical (unpaired) electrons. The molecule has 3 aromatic rings. The summed E-state index contributed by atoms with van der Waals surface area (Å²) in [5, 5.41) is 10.2. The third-order valence-electron chi connectivity index (χ3n) is 5.80. The third kappa shape index (κ3) is 4.48. The molecule has 1 N–H and O–H groups in total. The first-order valence-electron chi connectivity index (χ1n) is 10.2. The van der Waals surface area contributed by atoms with Crippen LogP contribution < -0.4 is 4.74 Å². The van der Waals surface area contributed by atoms with Crippen molar-refractivity contribution in [3.8, 4) is 5.75 Å². The fraction of sp³-hybridized carbons (Fsp3) is 0.360. The summed E-state index contributed by atoms with van der Waals surface area (Å²) >= 11 is 0. The lowest BCUT2D eigenvalue weighted by Crippen LogP contribution is -2.18. The molecule has 0 aliphatic heterocycles. The molecule has 1 saturated carbocycles. The zero-order chi connectivity index (χ0) is 20.4. The maximum Gasteiger partial charge on any atom is 0.157 e. The summed E-state index contributed by atoms with van der Waals surface area (Å²) in [7, 11) is 0. The van der Waals surface area contributed by atoms with Crippen LogP contribution in [0.15, 0.2) is 60.8 Å². The highest BCUT2D eigenvalue weighted by Crippen LogP contribution is 2.39. The van der Waals surface area contributed by atoms with Gasteiger partial charge in [-0.15, -0.1) is 0 Å². The summed E-state index contributed by atoms with van der Waals surface area (Å²) in [5.74, 6) is 1.62. The molecular weight excluding hydrogens is 360 g/mol. The van der Waals surface area contributed by atoms with Crippen molar-refractivity contribution in [1.82, 2.24) is 9.97 Å². The highest BCUT2D eigenvalue weighted by Gasteiger charge is 2.32. The molecule has 1 aliphatic carbocycles. The number of aryl methyl sites for hydroxylation is 1. The molecule has 4 rings (SSSR count). The van der Waals surface area contributed by atoms with Gasteiger partial charge in [-0.2, -0.15) is 0 Å². The van der Waals surface area contributed by atoms with E-state index in [2.05, 4.69) is 67.1 Å². The van der Waals surface area contributed by atoms with Crippen LogP contribution in [0, 0.1) is 12.8 Å². The Labute approximate surface area is 172 Å². The highest BCUT2D eigenvalue weighted by atomic mass is 16.5. The van der Waals surface area contributed by atoms with Gasteiger partial charge in [0.2, 0.25) is 0 Å². The van der Waals surface area contributed by atoms with Gasteiger partial charge in [-0.3, -0.25) is 0 Å². The monoisotopic (exact) mass is 388 g/mol. The zero-order valence-corrected chi connectivity index (χ0v) is 17.3. The van der Waals surface area contributed by atoms with E-state index in [0.717, 1.165) is 24.3 Å². The van der Waals surface area contributed by atoms with Crippen LogP contribution in [0.2, 0.25) is 0 Å². The standard InChI is InChI=1S/C25H28N2O2/c1-17-4-8-19(9-5-17)25(2,3)20-10-12-22(13-11-20)29-16-21-14-15-26-24(27-21)23(28)18-6-7-18/h4-5,8-15,18,23,28H,6-7,16H2,1-3H3. The molecule has 0 bridgehead atoms. The van der Waals surface area contributed by atoms with Crippen molar-refractivity contribution >= 4 is 0 Å². The fourth-order valence-corrected chi connectivity index (χ4v) is 3.52. The second-order valence-corrected chi connectivity index (χ2v) is 8.49. The molecule has 4 heteroatoms. The van der Waals surface area contributed by atoms with Gasteiger partial charge in [0, 0.05) is 11.6 Å². The summed E-state index contributed by atoms with van der Waals surface area (Å²) in [5.41, 5.74) is 4.50. The van der Waals surface area contributed by atoms with Crippen LogP contribution in [0.3, 0.4) is 0 Å². The second-order valence-electron chi connectivity index (χ2n) is 8.49. The molecule has 1 aromatic heterocycles. The van der Waals surface area contributed by atoms with Crippen molar-refractivity contribution in [2.75, 3.05) is 0 Å². The van der Waals surface area contributed by atoms with E-state index in [1.54, 1.807) is 6.20 Å². The van der Waals surface area contributed by atoms with E-state index in [4.69, 9.17) is 4.74 Å². The van der Waals surface area contributed by atoms with Crippen LogP contribution >= 0.6 is 0 Å². The Morgan fingerprint density at radius 1 is 1.00 bits per heavy atom. The predicted octanol–water partition coefficient (Wildman–Crippen LogP) is 5.13. The predicted molar refractivity (Wildman–Crippen MR) is 114 cm³/mol. The van der Waals surface area contributed by atoms with Crippen molar-refractivity contribution in [2.45, 2.75) is 51.7 Å². The summed E-state index contributed by atoms with van der Waals surface area (Å²) in [6.07, 6.45) is 3.24. The van der Waals surface area contributed by atoms with Gasteiger partial charge in [0.15, 0.2) is 5.82 Å². The smallest absolute Gasteiger partial charge is 0.157 e. The van der Waals surface area contributed by atoms with E-state index < -0.39 is 6.10 Å². The Morgan fingerprint density at radius 3 is 2.24 bits per heavy atom. The minimum absolute atomic E-state index is 0.0767. The van der Waals surface area contributed by atoms with E-state index in [1.807, 2.05) is 18.2 Å². The quantitative estimate of drug-likeness (QED) is 0.609. The van der Waals surface area contributed by atoms with Crippen LogP contribution in [-0.4, -0.2) is 15.1 Å². The number of hydrogen-bond acceptors (Lipinski definition) is 4. The number of rotatable bonds is 7. The third-order valence-corrected chi connectivity index (χ3v) is 5.80. The Bertz CT molecular complexity index is 961. The van der Waals surface area contributed by atoms with Crippen LogP contribution in [-0.2, 0) is 12.0 Å². The average molecular weight is 389 g/mol. The van der Waals surface area contributed by atoms with E-state index in [9.17, 15) is 5.11 Å². The van der Waals surface area contributed by atoms with Crippen LogP contribution in [0.4, 0.5) is 0 Å². The molecule has 0 amide bonds. The number of nitrogens with zero attached hydrogens (tertiary/aromatic N) is 2. The van der Waals surface area contributed by atoms with Gasteiger partial charge in [0.1, 0.15) is 18.5 Å². The minimum Gasteiger partial charge on any atom is -0.487 e. The molecule has 0 saturated heterocycles. The average Bonchev–Trinajstić information content (AvgIpc) is 3.58. The molecule has 1 unspecified atom stereocenters. The zero-order valence-electron chi connectivity index (χ0n) is 17.3. The number of hydrogen-bond donors (Lipinski definition) is 1. The van der Waals surface area contributed by atoms with Gasteiger partial charge in [-0.05, 0) is 55.0 Å². The van der Waals surface area contributed by atoms with Gasteiger partial charge in [-0.1, -0.05) is 55.8 Å². The van der Waals surface area contributed by atoms with Gasteiger partial charge in [-0.25, -0.2) is 9.97 Å². The molecule has 2 aromatic carbocycles. The van der Waals surface area contributed by atoms with Crippen molar-refractivity contribution in [2.24, 2.45) is 5.92 Å². The number of ether oxygens (including phenoxy) is 1. The second kappa shape index (κ2) is 7.96. The Balaban J connectivity index is 1.42. The van der Waals surface area contributed by atoms with Crippen molar-refractivity contribution in [1.29, 1.82) is 0 Å². The molecule has 1 fully saturated rings. The summed E-state index contributed by atoms with van der Waals surface area (Å²) < 4.78 is 5.92. The van der Waals surface area contributed by atoms with Crippen LogP contribution in [0.25, 0.3) is 0 Å². The molecule has 1 aliphatic rings. The molecule has 29 heavy (non-hydrogen) atoms. The SMILES string of the molecule is Cc1ccc(C(C)(C)c2ccc(OCc3ccnc(C(O)C4CC4)n3)cc2)cc1. The molecule has 1 heterocycles. The summed E-state index contributed by atoms with van der Waals surface area (Å²) in [6.45, 7) is 6.94. The fourth-order valence-electron chi connectivity index (χ4n) is 3.52. The van der Waals surface area contributed by atoms with Gasteiger partial charge in [0.25, 0.3) is 0 Å². The van der Waals surface area contributed by atoms with Gasteiger partial charge < -0.3 is 9.84 Å². The van der Waals surface area contributed by atoms with E-state index in [0.29, 0.717) is 18.3 Å². The normalized spacial score (nSPS) is 15.2. The Morgan fingerprint density at radius 2 is 1.62 bits per heavy atom. The number of aromatic nitrogens is 2. The topological polar surface area (TPSA) is 55.2 Å². The Kier molecular flexibility index (Phi) is 5.37. The first kappa shape index (κ1) is 19.6. The van der Waals surface area contributed by atoms with Crippen molar-refractivity contribution in [3.63, 3.8) is 0 Å². The lowest BCUT2D eigenvalue weighted by atomic mass is 9.78. The van der Waals surface area contributed by atoms with E-state index in [1.165, 1.54) is 16.7 Å². The first-order chi connectivity index (χ1) is 13.9. The van der Waals surface area contributed by atoms with E-state index >= 15 is 0 Å². The van der Waals surface area contributed by atoms with Gasteiger partial charge >= 0.3 is 0 Å². The number of benzene rings is 2. The molecular formula is C25H28N2O2. The molecule has 4 nitrogen and oxygen atoms in total. The number of aliphatic hydroxyl groups is 1. The largest absolute Gasteiger partial charge is 0.487 e. The minimum atomic E-state index is -0.557. The maximum absolute atomic E-state index is 10.2. The van der Waals surface area contributed by atoms with Gasteiger partial charge in [0.05, 0.1) is 5.69 Å². The van der Waals surface area contributed by atoms with Crippen molar-refractivity contribution in [3.05, 3.63) is 89.0 Å². The summed E-state index contributed by atoms with van der Waals surface area (Å²) in [6, 6.07) is 18.8. The highest BCUT2D eigenvalue weighted by molar-refractivity contribution is 5.40. The lowest BCUT2D eigenvalue weighted by Gasteiger charge is -2.26. The Hall–Kier alpha value is -2.72. The maximum atomic E-state index is 10.2. The molecule has 0 spiro atoms. The van der Waals surface area contributed by atoms with Crippen LogP contribution in [0.5, 0.6) is 5.75 Å². The summed E-state index contributed by atoms with van der Waals surface area (Å²) in [4.78, 5) is 8.68. The number of aliphatic hydroxyl groups excluding tert-OH is 1. The van der Waals surface area contributed by atoms with E-state index in [-0.39, 0.29) is 5.41 Å². The van der Waals surface area contributed by atoms with Crippen molar-refractivity contribution < 1.29 is 9.84 Å². The van der Waals surface area contributed by atoms with Crippen LogP contribution in [0.1, 0.15) is 61.0 Å². The molecule has 150 valence electrons. The molecule has 1 atom stereocenters. The lowest BCUT2D eigenvalue weighted by molar-refractivity contribution is 0.143. The first-order valence-corrected chi connectivity index (χ1v) is 10.2.